The number of nitrogens with one attached hydrogen (secondary N) is 4. The van der Waals surface area contributed by atoms with E-state index in [0.29, 0.717) is 0 Å². The van der Waals surface area contributed by atoms with Gasteiger partial charge in [0, 0.05) is 6.54 Å². The molecule has 0 aliphatic heterocycles. The van der Waals surface area contributed by atoms with Crippen LogP contribution >= 0.6 is 11.6 Å². The van der Waals surface area contributed by atoms with Gasteiger partial charge in [0.2, 0.25) is 5.91 Å². The Balaban J connectivity index is 2.80. The van der Waals surface area contributed by atoms with Crippen molar-refractivity contribution in [2.24, 2.45) is 16.6 Å². The Bertz CT molecular complexity index is 864. The fraction of sp³-hybridized carbons (Fsp3) is 0.444. The van der Waals surface area contributed by atoms with Crippen molar-refractivity contribution in [3.05, 3.63) is 45.0 Å². The molecule has 0 aliphatic carbocycles. The van der Waals surface area contributed by atoms with E-state index in [0.717, 1.165) is 0 Å². The summed E-state index contributed by atoms with van der Waals surface area (Å²) in [5.41, 5.74) is 8.62. The van der Waals surface area contributed by atoms with E-state index in [2.05, 4.69) is 15.6 Å². The molecule has 176 valence electrons. The molecule has 14 heteroatoms. The third kappa shape index (κ3) is 8.73. The Morgan fingerprint density at radius 1 is 1.22 bits per heavy atom. The molecule has 3 amide bonds. The van der Waals surface area contributed by atoms with Gasteiger partial charge < -0.3 is 16.4 Å². The van der Waals surface area contributed by atoms with E-state index < -0.39 is 40.8 Å². The minimum atomic E-state index is -1.15. The second-order valence-corrected chi connectivity index (χ2v) is 7.40. The van der Waals surface area contributed by atoms with Gasteiger partial charge in [0.25, 0.3) is 17.8 Å². The average molecular weight is 472 g/mol. The molecule has 7 N–H and O–H groups in total. The summed E-state index contributed by atoms with van der Waals surface area (Å²) in [5, 5.41) is 23.7. The summed E-state index contributed by atoms with van der Waals surface area (Å²) in [6.07, 6.45) is 0.243. The van der Waals surface area contributed by atoms with Crippen LogP contribution in [0, 0.1) is 16.0 Å². The lowest BCUT2D eigenvalue weighted by molar-refractivity contribution is -0.525. The second kappa shape index (κ2) is 13.1. The number of hydrogen-bond donors (Lipinski definition) is 6. The third-order valence-corrected chi connectivity index (χ3v) is 4.57. The summed E-state index contributed by atoms with van der Waals surface area (Å²) in [6.45, 7) is 3.44. The molecule has 0 saturated heterocycles. The first-order valence-corrected chi connectivity index (χ1v) is 9.95. The zero-order chi connectivity index (χ0) is 24.3. The molecule has 0 radical (unpaired) electrons. The first-order chi connectivity index (χ1) is 15.1. The first-order valence-electron chi connectivity index (χ1n) is 9.57. The molecule has 0 bridgehead atoms. The van der Waals surface area contributed by atoms with Gasteiger partial charge in [-0.2, -0.15) is 0 Å². The van der Waals surface area contributed by atoms with Crippen LogP contribution in [-0.4, -0.2) is 52.5 Å². The van der Waals surface area contributed by atoms with Crippen LogP contribution in [0.2, 0.25) is 5.02 Å². The predicted octanol–water partition coefficient (Wildman–Crippen LogP) is -0.0392. The quantitative estimate of drug-likeness (QED) is 0.0643. The summed E-state index contributed by atoms with van der Waals surface area (Å²) < 4.78 is 0. The van der Waals surface area contributed by atoms with Crippen LogP contribution in [0.1, 0.15) is 37.0 Å². The molecule has 0 heterocycles. The van der Waals surface area contributed by atoms with Crippen molar-refractivity contribution >= 4 is 35.3 Å². The van der Waals surface area contributed by atoms with E-state index in [1.165, 1.54) is 11.5 Å². The maximum absolute atomic E-state index is 12.8. The SMILES string of the molecule is CC(C)[C@H](NC(=O)c1ccccc1Cl)C(=O)N[C@@H](CCCN=C(N)N[N+](=O)[O-])C(=O)NO. The van der Waals surface area contributed by atoms with E-state index in [4.69, 9.17) is 22.5 Å². The smallest absolute Gasteiger partial charge is 0.265 e. The van der Waals surface area contributed by atoms with Gasteiger partial charge in [-0.1, -0.05) is 43.0 Å². The minimum absolute atomic E-state index is 0.0224. The van der Waals surface area contributed by atoms with Crippen molar-refractivity contribution in [3.8, 4) is 0 Å². The predicted molar refractivity (Wildman–Crippen MR) is 115 cm³/mol. The molecule has 0 aromatic heterocycles. The summed E-state index contributed by atoms with van der Waals surface area (Å²) >= 11 is 6.02. The topological polar surface area (TPSA) is 201 Å². The van der Waals surface area contributed by atoms with Gasteiger partial charge in [0.15, 0.2) is 5.03 Å². The monoisotopic (exact) mass is 471 g/mol. The van der Waals surface area contributed by atoms with Crippen LogP contribution in [0.5, 0.6) is 0 Å². The number of guanidine groups is 1. The van der Waals surface area contributed by atoms with Crippen molar-refractivity contribution in [1.82, 2.24) is 21.5 Å². The highest BCUT2D eigenvalue weighted by Crippen LogP contribution is 2.15. The Morgan fingerprint density at radius 2 is 1.88 bits per heavy atom. The first kappa shape index (κ1) is 26.6. The maximum atomic E-state index is 12.8. The van der Waals surface area contributed by atoms with Crippen LogP contribution < -0.4 is 27.3 Å². The van der Waals surface area contributed by atoms with Gasteiger partial charge in [-0.05, 0) is 30.9 Å². The number of benzene rings is 1. The molecule has 1 aromatic rings. The molecule has 2 atom stereocenters. The fourth-order valence-electron chi connectivity index (χ4n) is 2.63. The number of aliphatic imine (C=N–C) groups is 1. The van der Waals surface area contributed by atoms with Gasteiger partial charge in [-0.25, -0.2) is 20.6 Å². The van der Waals surface area contributed by atoms with E-state index in [9.17, 15) is 24.5 Å². The van der Waals surface area contributed by atoms with E-state index in [1.807, 2.05) is 0 Å². The fourth-order valence-corrected chi connectivity index (χ4v) is 2.85. The number of rotatable bonds is 11. The normalized spacial score (nSPS) is 13.1. The molecule has 0 unspecified atom stereocenters. The van der Waals surface area contributed by atoms with Gasteiger partial charge in [0.05, 0.1) is 10.6 Å². The molecule has 0 fully saturated rings. The van der Waals surface area contributed by atoms with E-state index >= 15 is 0 Å². The molecule has 13 nitrogen and oxygen atoms in total. The van der Waals surface area contributed by atoms with Crippen LogP contribution in [0.3, 0.4) is 0 Å². The van der Waals surface area contributed by atoms with Gasteiger partial charge in [-0.15, -0.1) is 0 Å². The lowest BCUT2D eigenvalue weighted by Crippen LogP contribution is -2.55. The molecule has 1 rings (SSSR count). The highest BCUT2D eigenvalue weighted by molar-refractivity contribution is 6.33. The van der Waals surface area contributed by atoms with Crippen LogP contribution in [0.25, 0.3) is 0 Å². The third-order valence-electron chi connectivity index (χ3n) is 4.24. The molecule has 0 saturated carbocycles. The molecular formula is C18H26ClN7O6. The maximum Gasteiger partial charge on any atom is 0.265 e. The van der Waals surface area contributed by atoms with Crippen molar-refractivity contribution in [2.75, 3.05) is 6.54 Å². The number of carbonyl (C=O) groups excluding carboxylic acids is 3. The van der Waals surface area contributed by atoms with E-state index in [1.54, 1.807) is 37.5 Å². The number of hydroxylamine groups is 1. The second-order valence-electron chi connectivity index (χ2n) is 6.99. The number of nitrogens with zero attached hydrogens (tertiary/aromatic N) is 2. The number of halogens is 1. The zero-order valence-corrected chi connectivity index (χ0v) is 18.3. The van der Waals surface area contributed by atoms with Crippen LogP contribution in [0.15, 0.2) is 29.3 Å². The number of amides is 3. The number of hydrogen-bond acceptors (Lipinski definition) is 7. The van der Waals surface area contributed by atoms with Crippen molar-refractivity contribution in [3.63, 3.8) is 0 Å². The van der Waals surface area contributed by atoms with Gasteiger partial charge >= 0.3 is 0 Å². The molecule has 0 spiro atoms. The highest BCUT2D eigenvalue weighted by atomic mass is 35.5. The number of nitro groups is 1. The molecular weight excluding hydrogens is 446 g/mol. The number of nitrogens with two attached hydrogens (primary N) is 1. The summed E-state index contributed by atoms with van der Waals surface area (Å²) in [6, 6.07) is 4.20. The summed E-state index contributed by atoms with van der Waals surface area (Å²) in [7, 11) is 0. The molecule has 32 heavy (non-hydrogen) atoms. The Hall–Kier alpha value is -3.45. The lowest BCUT2D eigenvalue weighted by Gasteiger charge is -2.25. The number of carbonyl (C=O) groups is 3. The van der Waals surface area contributed by atoms with Crippen molar-refractivity contribution in [1.29, 1.82) is 0 Å². The molecule has 0 aliphatic rings. The largest absolute Gasteiger partial charge is 0.365 e. The zero-order valence-electron chi connectivity index (χ0n) is 17.5. The Morgan fingerprint density at radius 3 is 2.44 bits per heavy atom. The summed E-state index contributed by atoms with van der Waals surface area (Å²) in [4.78, 5) is 51.3. The summed E-state index contributed by atoms with van der Waals surface area (Å²) in [5.74, 6) is -2.83. The standard InChI is InChI=1S/C18H26ClN7O6/c1-10(2)14(23-15(27)11-6-3-4-7-12(11)19)17(29)22-13(16(28)25-30)8-5-9-21-18(20)24-26(31)32/h3-4,6-7,10,13-14,30H,5,8-9H2,1-2H3,(H,22,29)(H,23,27)(H,25,28)(H3,20,21,24)/t13-,14-/m0/s1. The van der Waals surface area contributed by atoms with Gasteiger partial charge in [0.1, 0.15) is 12.1 Å². The van der Waals surface area contributed by atoms with Crippen molar-refractivity contribution in [2.45, 2.75) is 38.8 Å². The molecule has 1 aromatic carbocycles. The highest BCUT2D eigenvalue weighted by Gasteiger charge is 2.29. The lowest BCUT2D eigenvalue weighted by atomic mass is 10.0. The Kier molecular flexibility index (Phi) is 10.9. The number of hydrazine groups is 1. The van der Waals surface area contributed by atoms with Gasteiger partial charge in [-0.3, -0.25) is 19.6 Å². The van der Waals surface area contributed by atoms with Crippen LogP contribution in [0.4, 0.5) is 0 Å². The van der Waals surface area contributed by atoms with E-state index in [-0.39, 0.29) is 35.9 Å². The average Bonchev–Trinajstić information content (AvgIpc) is 2.72. The Labute approximate surface area is 188 Å². The minimum Gasteiger partial charge on any atom is -0.365 e. The van der Waals surface area contributed by atoms with Crippen LogP contribution in [-0.2, 0) is 9.59 Å². The van der Waals surface area contributed by atoms with Crippen molar-refractivity contribution < 1.29 is 24.6 Å².